The van der Waals surface area contributed by atoms with Crippen molar-refractivity contribution in [2.45, 2.75) is 144 Å². The van der Waals surface area contributed by atoms with Crippen molar-refractivity contribution in [1.29, 1.82) is 0 Å². The number of allylic oxidation sites excluding steroid dienone is 1. The molecule has 0 spiro atoms. The first-order valence-electron chi connectivity index (χ1n) is 17.8. The highest BCUT2D eigenvalue weighted by Crippen LogP contribution is 2.35. The molecular formula is C41H62N2O2. The minimum Gasteiger partial charge on any atom is -0.493 e. The fourth-order valence-electron chi connectivity index (χ4n) is 6.30. The van der Waals surface area contributed by atoms with Crippen LogP contribution in [0, 0.1) is 5.41 Å². The summed E-state index contributed by atoms with van der Waals surface area (Å²) >= 11 is 0. The molecule has 0 aromatic heterocycles. The van der Waals surface area contributed by atoms with Crippen molar-refractivity contribution in [3.05, 3.63) is 70.8 Å². The highest BCUT2D eigenvalue weighted by molar-refractivity contribution is 5.91. The Morgan fingerprint density at radius 3 is 2.13 bits per heavy atom. The van der Waals surface area contributed by atoms with Gasteiger partial charge < -0.3 is 9.64 Å². The van der Waals surface area contributed by atoms with E-state index < -0.39 is 0 Å². The van der Waals surface area contributed by atoms with E-state index in [0.717, 1.165) is 43.0 Å². The lowest BCUT2D eigenvalue weighted by atomic mass is 9.76. The van der Waals surface area contributed by atoms with Gasteiger partial charge in [0.25, 0.3) is 0 Å². The summed E-state index contributed by atoms with van der Waals surface area (Å²) in [6, 6.07) is 14.9. The van der Waals surface area contributed by atoms with E-state index in [9.17, 15) is 4.79 Å². The van der Waals surface area contributed by atoms with Crippen molar-refractivity contribution in [2.24, 2.45) is 10.4 Å². The second kappa shape index (κ2) is 18.3. The van der Waals surface area contributed by atoms with Gasteiger partial charge in [-0.3, -0.25) is 9.79 Å². The summed E-state index contributed by atoms with van der Waals surface area (Å²) in [5.74, 6) is 1.01. The van der Waals surface area contributed by atoms with Crippen LogP contribution in [-0.2, 0) is 23.2 Å². The van der Waals surface area contributed by atoms with Gasteiger partial charge in [0, 0.05) is 30.8 Å². The zero-order valence-electron chi connectivity index (χ0n) is 29.7. The van der Waals surface area contributed by atoms with Gasteiger partial charge in [-0.25, -0.2) is 0 Å². The van der Waals surface area contributed by atoms with Crippen LogP contribution in [0.5, 0.6) is 5.75 Å². The summed E-state index contributed by atoms with van der Waals surface area (Å²) in [6.45, 7) is 17.2. The quantitative estimate of drug-likeness (QED) is 0.148. The van der Waals surface area contributed by atoms with Crippen LogP contribution in [-0.4, -0.2) is 25.3 Å². The topological polar surface area (TPSA) is 41.9 Å². The molecule has 1 aliphatic heterocycles. The Morgan fingerprint density at radius 2 is 1.53 bits per heavy atom. The van der Waals surface area contributed by atoms with E-state index in [4.69, 9.17) is 4.74 Å². The van der Waals surface area contributed by atoms with Crippen molar-refractivity contribution in [1.82, 2.24) is 0 Å². The molecule has 3 rings (SSSR count). The van der Waals surface area contributed by atoms with E-state index >= 15 is 0 Å². The van der Waals surface area contributed by atoms with Crippen LogP contribution in [0.2, 0.25) is 0 Å². The van der Waals surface area contributed by atoms with Crippen LogP contribution in [0.25, 0.3) is 0 Å². The van der Waals surface area contributed by atoms with Gasteiger partial charge in [-0.05, 0) is 72.2 Å². The molecule has 2 aromatic rings. The third-order valence-electron chi connectivity index (χ3n) is 9.47. The second-order valence-electron chi connectivity index (χ2n) is 14.7. The molecule has 0 saturated carbocycles. The molecule has 2 aromatic carbocycles. The highest BCUT2D eigenvalue weighted by Gasteiger charge is 2.28. The molecule has 0 bridgehead atoms. The second-order valence-corrected chi connectivity index (χ2v) is 14.7. The fraction of sp³-hybridized carbons (Fsp3) is 0.610. The number of benzene rings is 2. The van der Waals surface area contributed by atoms with Gasteiger partial charge in [-0.15, -0.1) is 0 Å². The number of dihydropyridines is 1. The summed E-state index contributed by atoms with van der Waals surface area (Å²) in [5, 5.41) is 0. The average Bonchev–Trinajstić information content (AvgIpc) is 2.99. The average molecular weight is 615 g/mol. The van der Waals surface area contributed by atoms with E-state index in [1.807, 2.05) is 17.2 Å². The maximum absolute atomic E-state index is 12.9. The number of rotatable bonds is 19. The van der Waals surface area contributed by atoms with Crippen LogP contribution in [0.4, 0.5) is 5.69 Å². The number of ether oxygens (including phenoxy) is 1. The van der Waals surface area contributed by atoms with Crippen molar-refractivity contribution in [2.75, 3.05) is 18.1 Å². The first kappa shape index (κ1) is 36.6. The maximum atomic E-state index is 12.9. The zero-order chi connectivity index (χ0) is 32.7. The Hall–Kier alpha value is -2.88. The maximum Gasteiger partial charge on any atom is 0.224 e. The Bertz CT molecular complexity index is 1250. The molecule has 1 unspecified atom stereocenters. The largest absolute Gasteiger partial charge is 0.493 e. The molecule has 248 valence electrons. The smallest absolute Gasteiger partial charge is 0.224 e. The summed E-state index contributed by atoms with van der Waals surface area (Å²) in [5.41, 5.74) is 5.76. The third-order valence-corrected chi connectivity index (χ3v) is 9.47. The number of carbonyl (C=O) groups excluding carboxylic acids is 1. The van der Waals surface area contributed by atoms with Crippen LogP contribution < -0.4 is 9.64 Å². The molecule has 45 heavy (non-hydrogen) atoms. The molecule has 0 N–H and O–H groups in total. The van der Waals surface area contributed by atoms with E-state index in [-0.39, 0.29) is 16.7 Å². The molecule has 1 heterocycles. The lowest BCUT2D eigenvalue weighted by molar-refractivity contribution is -0.116. The first-order chi connectivity index (χ1) is 21.5. The summed E-state index contributed by atoms with van der Waals surface area (Å²) in [6.07, 6.45) is 21.0. The Morgan fingerprint density at radius 1 is 0.889 bits per heavy atom. The minimum absolute atomic E-state index is 0.000886. The zero-order valence-corrected chi connectivity index (χ0v) is 29.7. The molecule has 1 amide bonds. The third kappa shape index (κ3) is 12.1. The van der Waals surface area contributed by atoms with Crippen LogP contribution in [0.3, 0.4) is 0 Å². The number of hydrogen-bond acceptors (Lipinski definition) is 3. The van der Waals surface area contributed by atoms with Crippen molar-refractivity contribution in [3.63, 3.8) is 0 Å². The normalized spacial score (nSPS) is 16.5. The molecule has 0 aliphatic carbocycles. The predicted molar refractivity (Wildman–Crippen MR) is 194 cm³/mol. The Labute approximate surface area is 275 Å². The van der Waals surface area contributed by atoms with Crippen LogP contribution >= 0.6 is 0 Å². The van der Waals surface area contributed by atoms with Crippen LogP contribution in [0.1, 0.15) is 142 Å². The van der Waals surface area contributed by atoms with Gasteiger partial charge in [0.2, 0.25) is 5.91 Å². The molecule has 4 heteroatoms. The highest BCUT2D eigenvalue weighted by atomic mass is 16.5. The van der Waals surface area contributed by atoms with Gasteiger partial charge in [-0.2, -0.15) is 0 Å². The van der Waals surface area contributed by atoms with E-state index in [0.29, 0.717) is 6.54 Å². The standard InChI is InChI=1S/C41H62N2O2/c1-8-9-10-11-12-13-14-15-16-17-18-19-27-45-39-24-23-36(29-38(39)40(4,5)6)31-43(34(3)44)37-22-20-21-35(28-37)30-41(7)32-42-26-25-33(41)2/h20-26,28-29H,8-19,27,30-32H2,1-7H3. The fourth-order valence-corrected chi connectivity index (χ4v) is 6.30. The van der Waals surface area contributed by atoms with E-state index in [2.05, 4.69) is 89.0 Å². The SMILES string of the molecule is CCCCCCCCCCCCCCOc1ccc(CN(C(C)=O)c2cccc(CC3(C)CN=CC=C3C)c2)cc1C(C)(C)C. The van der Waals surface area contributed by atoms with Gasteiger partial charge in [0.05, 0.1) is 13.2 Å². The van der Waals surface area contributed by atoms with Crippen LogP contribution in [0.15, 0.2) is 59.1 Å². The molecule has 0 radical (unpaired) electrons. The minimum atomic E-state index is -0.0633. The lowest BCUT2D eigenvalue weighted by Crippen LogP contribution is -2.29. The summed E-state index contributed by atoms with van der Waals surface area (Å²) in [4.78, 5) is 19.4. The monoisotopic (exact) mass is 614 g/mol. The number of amides is 1. The first-order valence-corrected chi connectivity index (χ1v) is 17.8. The Balaban J connectivity index is 1.55. The number of carbonyl (C=O) groups is 1. The number of hydrogen-bond donors (Lipinski definition) is 0. The van der Waals surface area contributed by atoms with Gasteiger partial charge in [0.15, 0.2) is 0 Å². The van der Waals surface area contributed by atoms with E-state index in [1.165, 1.54) is 87.3 Å². The summed E-state index contributed by atoms with van der Waals surface area (Å²) in [7, 11) is 0. The van der Waals surface area contributed by atoms with E-state index in [1.54, 1.807) is 6.92 Å². The number of aliphatic imine (C=N–C) groups is 1. The molecule has 4 nitrogen and oxygen atoms in total. The van der Waals surface area contributed by atoms with Gasteiger partial charge >= 0.3 is 0 Å². The summed E-state index contributed by atoms with van der Waals surface area (Å²) < 4.78 is 6.36. The van der Waals surface area contributed by atoms with Gasteiger partial charge in [-0.1, -0.05) is 129 Å². The predicted octanol–water partition coefficient (Wildman–Crippen LogP) is 11.2. The van der Waals surface area contributed by atoms with Crippen molar-refractivity contribution >= 4 is 17.8 Å². The van der Waals surface area contributed by atoms with Gasteiger partial charge in [0.1, 0.15) is 5.75 Å². The number of nitrogens with zero attached hydrogens (tertiary/aromatic N) is 2. The Kier molecular flexibility index (Phi) is 14.9. The number of anilines is 1. The molecule has 1 aliphatic rings. The van der Waals surface area contributed by atoms with Crippen molar-refractivity contribution in [3.8, 4) is 5.75 Å². The number of unbranched alkanes of at least 4 members (excludes halogenated alkanes) is 11. The molecule has 0 fully saturated rings. The van der Waals surface area contributed by atoms with Crippen molar-refractivity contribution < 1.29 is 9.53 Å². The molecular weight excluding hydrogens is 552 g/mol. The molecule has 1 atom stereocenters. The molecule has 0 saturated heterocycles. The lowest BCUT2D eigenvalue weighted by Gasteiger charge is -2.31.